The number of aryl methyl sites for hydroxylation is 3. The molecule has 1 aliphatic heterocycles. The Morgan fingerprint density at radius 3 is 2.48 bits per heavy atom. The number of carbonyl (C=O) groups excluding carboxylic acids is 1. The van der Waals surface area contributed by atoms with Crippen LogP contribution in [0.3, 0.4) is 0 Å². The topological polar surface area (TPSA) is 81.9 Å². The second-order valence-corrected chi connectivity index (χ2v) is 9.18. The number of rotatable bonds is 4. The minimum Gasteiger partial charge on any atom is -0.497 e. The zero-order chi connectivity index (χ0) is 23.4. The van der Waals surface area contributed by atoms with Crippen molar-refractivity contribution in [1.82, 2.24) is 4.98 Å². The molecule has 0 saturated heterocycles. The molecule has 0 saturated carbocycles. The summed E-state index contributed by atoms with van der Waals surface area (Å²) in [5.74, 6) is 0.726. The number of carbonyl (C=O) groups is 1. The van der Waals surface area contributed by atoms with E-state index in [0.717, 1.165) is 16.1 Å². The van der Waals surface area contributed by atoms with Gasteiger partial charge in [-0.2, -0.15) is 0 Å². The maximum atomic E-state index is 13.8. The van der Waals surface area contributed by atoms with Crippen LogP contribution in [0.25, 0.3) is 11.0 Å². The van der Waals surface area contributed by atoms with Crippen molar-refractivity contribution in [2.24, 2.45) is 0 Å². The van der Waals surface area contributed by atoms with Gasteiger partial charge < -0.3 is 13.9 Å². The monoisotopic (exact) mass is 462 g/mol. The van der Waals surface area contributed by atoms with E-state index < -0.39 is 11.9 Å². The zero-order valence-corrected chi connectivity index (χ0v) is 19.7. The molecule has 2 aromatic heterocycles. The molecule has 4 aromatic rings. The van der Waals surface area contributed by atoms with Gasteiger partial charge in [-0.3, -0.25) is 14.5 Å². The van der Waals surface area contributed by atoms with E-state index in [-0.39, 0.29) is 16.8 Å². The molecule has 0 N–H and O–H groups in total. The van der Waals surface area contributed by atoms with Crippen LogP contribution in [0.1, 0.15) is 43.9 Å². The van der Waals surface area contributed by atoms with Gasteiger partial charge in [0.05, 0.1) is 30.9 Å². The average Bonchev–Trinajstić information content (AvgIpc) is 3.29. The molecule has 2 aromatic carbocycles. The van der Waals surface area contributed by atoms with E-state index in [0.29, 0.717) is 33.2 Å². The lowest BCUT2D eigenvalue weighted by Gasteiger charge is -2.24. The Morgan fingerprint density at radius 2 is 1.82 bits per heavy atom. The van der Waals surface area contributed by atoms with Crippen LogP contribution in [0.2, 0.25) is 0 Å². The lowest BCUT2D eigenvalue weighted by atomic mass is 9.97. The molecule has 33 heavy (non-hydrogen) atoms. The second-order valence-electron chi connectivity index (χ2n) is 8.00. The molecule has 1 aliphatic rings. The van der Waals surface area contributed by atoms with Gasteiger partial charge in [-0.15, -0.1) is 11.3 Å². The van der Waals surface area contributed by atoms with Crippen LogP contribution in [0.4, 0.5) is 5.13 Å². The van der Waals surface area contributed by atoms with Crippen LogP contribution in [-0.2, 0) is 0 Å². The lowest BCUT2D eigenvalue weighted by Crippen LogP contribution is -2.29. The third-order valence-electron chi connectivity index (χ3n) is 5.98. The van der Waals surface area contributed by atoms with Gasteiger partial charge in [0.15, 0.2) is 10.6 Å². The fraction of sp³-hybridized carbons (Fsp3) is 0.240. The molecule has 8 heteroatoms. The van der Waals surface area contributed by atoms with Crippen molar-refractivity contribution in [3.05, 3.63) is 79.6 Å². The van der Waals surface area contributed by atoms with Crippen LogP contribution in [0.5, 0.6) is 11.5 Å². The number of anilines is 1. The van der Waals surface area contributed by atoms with Crippen molar-refractivity contribution in [3.63, 3.8) is 0 Å². The van der Waals surface area contributed by atoms with Gasteiger partial charge in [0.2, 0.25) is 5.76 Å². The highest BCUT2D eigenvalue weighted by Gasteiger charge is 2.46. The molecule has 0 aliphatic carbocycles. The Morgan fingerprint density at radius 1 is 1.03 bits per heavy atom. The maximum absolute atomic E-state index is 13.8. The van der Waals surface area contributed by atoms with E-state index >= 15 is 0 Å². The molecule has 7 nitrogen and oxygen atoms in total. The number of ether oxygens (including phenoxy) is 2. The van der Waals surface area contributed by atoms with Crippen molar-refractivity contribution in [3.8, 4) is 11.5 Å². The fourth-order valence-corrected chi connectivity index (χ4v) is 5.13. The first-order valence-electron chi connectivity index (χ1n) is 10.4. The minimum atomic E-state index is -0.774. The first-order chi connectivity index (χ1) is 15.8. The fourth-order valence-electron chi connectivity index (χ4n) is 4.19. The van der Waals surface area contributed by atoms with Gasteiger partial charge in [0.25, 0.3) is 5.91 Å². The molecule has 0 spiro atoms. The summed E-state index contributed by atoms with van der Waals surface area (Å²) in [5, 5.41) is 0.928. The highest BCUT2D eigenvalue weighted by atomic mass is 32.1. The minimum absolute atomic E-state index is 0.0248. The van der Waals surface area contributed by atoms with Crippen molar-refractivity contribution < 1.29 is 18.7 Å². The molecule has 1 atom stereocenters. The number of benzene rings is 2. The van der Waals surface area contributed by atoms with Crippen molar-refractivity contribution in [1.29, 1.82) is 0 Å². The SMILES string of the molecule is COc1ccc(OC)c([C@H]2c3c(oc4ccc(C)cc4c3=O)C(=O)N2c2nc(C)c(C)s2)c1. The molecule has 0 fully saturated rings. The molecule has 3 heterocycles. The molecule has 1 amide bonds. The highest BCUT2D eigenvalue weighted by Crippen LogP contribution is 2.46. The first kappa shape index (κ1) is 21.2. The van der Waals surface area contributed by atoms with E-state index in [1.54, 1.807) is 44.6 Å². The summed E-state index contributed by atoms with van der Waals surface area (Å²) in [7, 11) is 3.12. The Bertz CT molecular complexity index is 1470. The smallest absolute Gasteiger partial charge is 0.297 e. The standard InChI is InChI=1S/C25H22N2O5S/c1-12-6-8-19-17(10-12)22(28)20-21(16-11-15(30-4)7-9-18(16)31-5)27(24(29)23(20)32-19)25-26-13(2)14(3)33-25/h6-11,21H,1-5H3/t21-/m0/s1. The Balaban J connectivity index is 1.86. The van der Waals surface area contributed by atoms with E-state index in [4.69, 9.17) is 13.9 Å². The molecule has 0 radical (unpaired) electrons. The summed E-state index contributed by atoms with van der Waals surface area (Å²) in [4.78, 5) is 34.6. The number of amides is 1. The van der Waals surface area contributed by atoms with Crippen LogP contribution in [-0.4, -0.2) is 25.1 Å². The van der Waals surface area contributed by atoms with E-state index in [9.17, 15) is 9.59 Å². The average molecular weight is 463 g/mol. The molecule has 0 bridgehead atoms. The summed E-state index contributed by atoms with van der Waals surface area (Å²) in [6.07, 6.45) is 0. The van der Waals surface area contributed by atoms with Crippen LogP contribution >= 0.6 is 11.3 Å². The van der Waals surface area contributed by atoms with Gasteiger partial charge in [-0.25, -0.2) is 4.98 Å². The zero-order valence-electron chi connectivity index (χ0n) is 18.9. The Kier molecular flexibility index (Phi) is 4.97. The lowest BCUT2D eigenvalue weighted by molar-refractivity contribution is 0.0970. The predicted molar refractivity (Wildman–Crippen MR) is 127 cm³/mol. The van der Waals surface area contributed by atoms with Gasteiger partial charge >= 0.3 is 0 Å². The Labute approximate surface area is 194 Å². The number of hydrogen-bond donors (Lipinski definition) is 0. The Hall–Kier alpha value is -3.65. The third-order valence-corrected chi connectivity index (χ3v) is 7.05. The van der Waals surface area contributed by atoms with Crippen molar-refractivity contribution in [2.75, 3.05) is 19.1 Å². The number of nitrogens with zero attached hydrogens (tertiary/aromatic N) is 2. The number of aromatic nitrogens is 1. The summed E-state index contributed by atoms with van der Waals surface area (Å²) >= 11 is 1.40. The van der Waals surface area contributed by atoms with Gasteiger partial charge in [-0.05, 0) is 51.1 Å². The molecule has 0 unspecified atom stereocenters. The summed E-state index contributed by atoms with van der Waals surface area (Å²) in [6.45, 7) is 5.75. The molecule has 168 valence electrons. The first-order valence-corrected chi connectivity index (χ1v) is 11.2. The van der Waals surface area contributed by atoms with Crippen LogP contribution < -0.4 is 19.8 Å². The summed E-state index contributed by atoms with van der Waals surface area (Å²) in [6, 6.07) is 9.90. The summed E-state index contributed by atoms with van der Waals surface area (Å²) in [5.41, 5.74) is 2.78. The molecular formula is C25H22N2O5S. The van der Waals surface area contributed by atoms with Crippen molar-refractivity contribution >= 4 is 33.3 Å². The maximum Gasteiger partial charge on any atom is 0.297 e. The van der Waals surface area contributed by atoms with Crippen LogP contribution in [0, 0.1) is 20.8 Å². The quantitative estimate of drug-likeness (QED) is 0.427. The van der Waals surface area contributed by atoms with Crippen LogP contribution in [0.15, 0.2) is 45.6 Å². The van der Waals surface area contributed by atoms with E-state index in [1.165, 1.54) is 16.2 Å². The third kappa shape index (κ3) is 3.21. The normalized spacial score (nSPS) is 15.2. The number of fused-ring (bicyclic) bond motifs is 2. The molecule has 5 rings (SSSR count). The van der Waals surface area contributed by atoms with Gasteiger partial charge in [0, 0.05) is 10.4 Å². The predicted octanol–water partition coefficient (Wildman–Crippen LogP) is 4.94. The van der Waals surface area contributed by atoms with Crippen molar-refractivity contribution in [2.45, 2.75) is 26.8 Å². The van der Waals surface area contributed by atoms with E-state index in [2.05, 4.69) is 4.98 Å². The number of thiazole rings is 1. The van der Waals surface area contributed by atoms with Gasteiger partial charge in [0.1, 0.15) is 23.1 Å². The largest absolute Gasteiger partial charge is 0.497 e. The summed E-state index contributed by atoms with van der Waals surface area (Å²) < 4.78 is 17.1. The number of hydrogen-bond acceptors (Lipinski definition) is 7. The second kappa shape index (κ2) is 7.74. The highest BCUT2D eigenvalue weighted by molar-refractivity contribution is 7.15. The van der Waals surface area contributed by atoms with E-state index in [1.807, 2.05) is 26.8 Å². The number of methoxy groups -OCH3 is 2. The molecular weight excluding hydrogens is 440 g/mol. The van der Waals surface area contributed by atoms with Gasteiger partial charge in [-0.1, -0.05) is 11.6 Å².